The number of nitrogens with two attached hydrogens (primary N) is 1. The normalized spacial score (nSPS) is 15.9. The van der Waals surface area contributed by atoms with Gasteiger partial charge < -0.3 is 10.6 Å². The number of rotatable bonds is 2. The molecule has 3 heterocycles. The molecular formula is C12H13N7. The van der Waals surface area contributed by atoms with E-state index in [9.17, 15) is 0 Å². The van der Waals surface area contributed by atoms with Gasteiger partial charge in [-0.15, -0.1) is 5.10 Å². The average molecular weight is 255 g/mol. The van der Waals surface area contributed by atoms with E-state index in [-0.39, 0.29) is 5.84 Å². The highest BCUT2D eigenvalue weighted by atomic mass is 15.3. The smallest absolute Gasteiger partial charge is 0.207 e. The summed E-state index contributed by atoms with van der Waals surface area (Å²) in [6.07, 6.45) is 5.63. The van der Waals surface area contributed by atoms with Gasteiger partial charge in [-0.2, -0.15) is 10.3 Å². The van der Waals surface area contributed by atoms with Crippen LogP contribution in [0.3, 0.4) is 0 Å². The number of anilines is 1. The number of fused-ring (bicyclic) bond motifs is 1. The third-order valence-corrected chi connectivity index (χ3v) is 3.21. The highest BCUT2D eigenvalue weighted by Gasteiger charge is 2.15. The summed E-state index contributed by atoms with van der Waals surface area (Å²) in [6.45, 7) is 2.04. The van der Waals surface area contributed by atoms with E-state index in [1.807, 2.05) is 12.1 Å². The number of aromatic nitrogens is 3. The van der Waals surface area contributed by atoms with Crippen molar-refractivity contribution in [3.05, 3.63) is 24.0 Å². The van der Waals surface area contributed by atoms with Gasteiger partial charge in [-0.3, -0.25) is 0 Å². The van der Waals surface area contributed by atoms with Crippen LogP contribution < -0.4 is 10.6 Å². The molecular weight excluding hydrogens is 242 g/mol. The fourth-order valence-electron chi connectivity index (χ4n) is 2.26. The molecule has 3 rings (SSSR count). The van der Waals surface area contributed by atoms with Crippen molar-refractivity contribution in [2.24, 2.45) is 10.7 Å². The van der Waals surface area contributed by atoms with Gasteiger partial charge in [0.15, 0.2) is 11.5 Å². The SMILES string of the molecule is N#C/N=C(\N)c1cnc2ccc(N3CCCC3)nn12. The summed E-state index contributed by atoms with van der Waals surface area (Å²) in [4.78, 5) is 9.95. The minimum Gasteiger partial charge on any atom is -0.381 e. The fourth-order valence-corrected chi connectivity index (χ4v) is 2.26. The van der Waals surface area contributed by atoms with Gasteiger partial charge in [-0.05, 0) is 25.0 Å². The lowest BCUT2D eigenvalue weighted by Crippen LogP contribution is -2.21. The molecule has 19 heavy (non-hydrogen) atoms. The Balaban J connectivity index is 2.08. The van der Waals surface area contributed by atoms with E-state index in [4.69, 9.17) is 11.0 Å². The molecule has 0 spiro atoms. The van der Waals surface area contributed by atoms with E-state index < -0.39 is 0 Å². The maximum Gasteiger partial charge on any atom is 0.207 e. The lowest BCUT2D eigenvalue weighted by molar-refractivity contribution is 0.854. The molecule has 0 aromatic carbocycles. The van der Waals surface area contributed by atoms with Crippen LogP contribution in [0.25, 0.3) is 5.65 Å². The molecule has 0 aliphatic carbocycles. The molecule has 2 aromatic heterocycles. The van der Waals surface area contributed by atoms with Gasteiger partial charge in [0.2, 0.25) is 6.19 Å². The highest BCUT2D eigenvalue weighted by Crippen LogP contribution is 2.18. The van der Waals surface area contributed by atoms with Gasteiger partial charge in [-0.1, -0.05) is 0 Å². The molecule has 0 unspecified atom stereocenters. The summed E-state index contributed by atoms with van der Waals surface area (Å²) >= 11 is 0. The Labute approximate surface area is 110 Å². The zero-order valence-corrected chi connectivity index (χ0v) is 10.3. The van der Waals surface area contributed by atoms with Gasteiger partial charge in [0.05, 0.1) is 6.20 Å². The number of hydrogen-bond acceptors (Lipinski definition) is 5. The molecule has 1 aliphatic heterocycles. The predicted molar refractivity (Wildman–Crippen MR) is 70.8 cm³/mol. The molecule has 0 bridgehead atoms. The summed E-state index contributed by atoms with van der Waals surface area (Å²) in [6, 6.07) is 3.85. The first-order valence-electron chi connectivity index (χ1n) is 6.12. The van der Waals surface area contributed by atoms with E-state index in [2.05, 4.69) is 20.0 Å². The molecule has 2 N–H and O–H groups in total. The predicted octanol–water partition coefficient (Wildman–Crippen LogP) is 0.516. The Bertz CT molecular complexity index is 673. The van der Waals surface area contributed by atoms with Gasteiger partial charge >= 0.3 is 0 Å². The quantitative estimate of drug-likeness (QED) is 0.479. The third-order valence-electron chi connectivity index (χ3n) is 3.21. The van der Waals surface area contributed by atoms with E-state index in [1.165, 1.54) is 12.8 Å². The number of aliphatic imine (C=N–C) groups is 1. The van der Waals surface area contributed by atoms with Crippen LogP contribution >= 0.6 is 0 Å². The zero-order valence-electron chi connectivity index (χ0n) is 10.3. The molecule has 0 amide bonds. The number of nitriles is 1. The molecule has 1 saturated heterocycles. The van der Waals surface area contributed by atoms with Crippen molar-refractivity contribution in [2.45, 2.75) is 12.8 Å². The van der Waals surface area contributed by atoms with Crippen LogP contribution in [0.1, 0.15) is 18.5 Å². The second-order valence-corrected chi connectivity index (χ2v) is 4.40. The maximum atomic E-state index is 8.56. The lowest BCUT2D eigenvalue weighted by Gasteiger charge is -2.16. The van der Waals surface area contributed by atoms with Gasteiger partial charge in [0, 0.05) is 13.1 Å². The van der Waals surface area contributed by atoms with Gasteiger partial charge in [0.1, 0.15) is 11.5 Å². The Morgan fingerprint density at radius 3 is 2.89 bits per heavy atom. The molecule has 7 heteroatoms. The van der Waals surface area contributed by atoms with Crippen LogP contribution in [-0.2, 0) is 0 Å². The molecule has 0 atom stereocenters. The first-order chi connectivity index (χ1) is 9.29. The first kappa shape index (κ1) is 11.5. The monoisotopic (exact) mass is 255 g/mol. The second kappa shape index (κ2) is 4.57. The van der Waals surface area contributed by atoms with Gasteiger partial charge in [-0.25, -0.2) is 9.50 Å². The fraction of sp³-hybridized carbons (Fsp3) is 0.333. The van der Waals surface area contributed by atoms with Crippen LogP contribution in [0, 0.1) is 11.5 Å². The van der Waals surface area contributed by atoms with Crippen LogP contribution in [0.5, 0.6) is 0 Å². The highest BCUT2D eigenvalue weighted by molar-refractivity contribution is 5.96. The first-order valence-corrected chi connectivity index (χ1v) is 6.12. The van der Waals surface area contributed by atoms with E-state index in [0.29, 0.717) is 11.3 Å². The van der Waals surface area contributed by atoms with Crippen molar-refractivity contribution in [3.8, 4) is 6.19 Å². The van der Waals surface area contributed by atoms with E-state index >= 15 is 0 Å². The minimum absolute atomic E-state index is 0.126. The van der Waals surface area contributed by atoms with E-state index in [1.54, 1.807) is 16.9 Å². The number of nitrogens with zero attached hydrogens (tertiary/aromatic N) is 6. The summed E-state index contributed by atoms with van der Waals surface area (Å²) < 4.78 is 1.63. The molecule has 2 aromatic rings. The lowest BCUT2D eigenvalue weighted by atomic mass is 10.4. The van der Waals surface area contributed by atoms with Crippen LogP contribution in [0.15, 0.2) is 23.3 Å². The standard InChI is InChI=1S/C12H13N7/c13-8-16-12(14)9-7-15-10-3-4-11(17-19(9)10)18-5-1-2-6-18/h3-4,7H,1-2,5-6H2,(H2,14,16). The minimum atomic E-state index is 0.126. The van der Waals surface area contributed by atoms with Crippen molar-refractivity contribution in [3.63, 3.8) is 0 Å². The Hall–Kier alpha value is -2.62. The average Bonchev–Trinajstić information content (AvgIpc) is 3.07. The second-order valence-electron chi connectivity index (χ2n) is 4.40. The third kappa shape index (κ3) is 1.97. The maximum absolute atomic E-state index is 8.56. The Morgan fingerprint density at radius 1 is 1.37 bits per heavy atom. The van der Waals surface area contributed by atoms with Crippen molar-refractivity contribution in [1.82, 2.24) is 14.6 Å². The number of hydrogen-bond donors (Lipinski definition) is 1. The summed E-state index contributed by atoms with van der Waals surface area (Å²) in [5.74, 6) is 1.02. The Morgan fingerprint density at radius 2 is 2.16 bits per heavy atom. The number of amidine groups is 1. The summed E-state index contributed by atoms with van der Waals surface area (Å²) in [5.41, 5.74) is 6.96. The van der Waals surface area contributed by atoms with Crippen molar-refractivity contribution >= 4 is 17.3 Å². The van der Waals surface area contributed by atoms with Crippen LogP contribution in [0.4, 0.5) is 5.82 Å². The molecule has 7 nitrogen and oxygen atoms in total. The molecule has 96 valence electrons. The largest absolute Gasteiger partial charge is 0.381 e. The Kier molecular flexibility index (Phi) is 2.76. The zero-order chi connectivity index (χ0) is 13.2. The van der Waals surface area contributed by atoms with Crippen LogP contribution in [0.2, 0.25) is 0 Å². The molecule has 0 radical (unpaired) electrons. The summed E-state index contributed by atoms with van der Waals surface area (Å²) in [7, 11) is 0. The van der Waals surface area contributed by atoms with Crippen LogP contribution in [-0.4, -0.2) is 33.5 Å². The van der Waals surface area contributed by atoms with E-state index in [0.717, 1.165) is 18.9 Å². The molecule has 1 aliphatic rings. The van der Waals surface area contributed by atoms with Gasteiger partial charge in [0.25, 0.3) is 0 Å². The van der Waals surface area contributed by atoms with Crippen molar-refractivity contribution in [2.75, 3.05) is 18.0 Å². The molecule has 1 fully saturated rings. The number of imidazole rings is 1. The summed E-state index contributed by atoms with van der Waals surface area (Å²) in [5, 5.41) is 13.1. The van der Waals surface area contributed by atoms with Crippen molar-refractivity contribution in [1.29, 1.82) is 5.26 Å². The van der Waals surface area contributed by atoms with Crippen molar-refractivity contribution < 1.29 is 0 Å². The topological polar surface area (TPSA) is 95.6 Å². The molecule has 0 saturated carbocycles.